The van der Waals surface area contributed by atoms with E-state index >= 15 is 0 Å². The molecule has 1 aromatic heterocycles. The number of ether oxygens (including phenoxy) is 1. The number of hydrogen-bond acceptors (Lipinski definition) is 3. The molecule has 17 heavy (non-hydrogen) atoms. The second-order valence-corrected chi connectivity index (χ2v) is 5.14. The summed E-state index contributed by atoms with van der Waals surface area (Å²) in [7, 11) is 0. The molecule has 1 aliphatic rings. The first-order valence-corrected chi connectivity index (χ1v) is 6.94. The molecule has 0 spiro atoms. The second kappa shape index (κ2) is 4.49. The van der Waals surface area contributed by atoms with Crippen molar-refractivity contribution in [3.63, 3.8) is 0 Å². The van der Waals surface area contributed by atoms with Crippen LogP contribution in [0.15, 0.2) is 29.6 Å². The largest absolute Gasteiger partial charge is 0.493 e. The molecule has 1 saturated carbocycles. The van der Waals surface area contributed by atoms with Gasteiger partial charge in [-0.1, -0.05) is 12.1 Å². The summed E-state index contributed by atoms with van der Waals surface area (Å²) < 4.78 is 5.64. The molecule has 1 aromatic carbocycles. The SMILES string of the molecule is CCOc1ccccc1-c1nc(C2CC2)cs1. The topological polar surface area (TPSA) is 22.1 Å². The molecular weight excluding hydrogens is 230 g/mol. The van der Waals surface area contributed by atoms with Crippen molar-refractivity contribution in [2.24, 2.45) is 0 Å². The minimum Gasteiger partial charge on any atom is -0.493 e. The fourth-order valence-corrected chi connectivity index (χ4v) is 2.83. The Balaban J connectivity index is 1.95. The normalized spacial score (nSPS) is 14.9. The van der Waals surface area contributed by atoms with Crippen molar-refractivity contribution in [3.05, 3.63) is 35.3 Å². The molecule has 0 saturated heterocycles. The number of hydrogen-bond donors (Lipinski definition) is 0. The predicted octanol–water partition coefficient (Wildman–Crippen LogP) is 4.09. The zero-order valence-corrected chi connectivity index (χ0v) is 10.7. The van der Waals surface area contributed by atoms with E-state index in [-0.39, 0.29) is 0 Å². The van der Waals surface area contributed by atoms with Crippen LogP contribution in [0.5, 0.6) is 5.75 Å². The molecule has 3 heteroatoms. The van der Waals surface area contributed by atoms with Gasteiger partial charge < -0.3 is 4.74 Å². The maximum absolute atomic E-state index is 5.64. The van der Waals surface area contributed by atoms with Gasteiger partial charge in [0.25, 0.3) is 0 Å². The Morgan fingerprint density at radius 1 is 1.35 bits per heavy atom. The van der Waals surface area contributed by atoms with Gasteiger partial charge in [0.15, 0.2) is 0 Å². The van der Waals surface area contributed by atoms with Gasteiger partial charge in [-0.2, -0.15) is 0 Å². The molecule has 0 unspecified atom stereocenters. The first-order valence-electron chi connectivity index (χ1n) is 6.06. The number of para-hydroxylation sites is 1. The number of rotatable bonds is 4. The highest BCUT2D eigenvalue weighted by molar-refractivity contribution is 7.13. The quantitative estimate of drug-likeness (QED) is 0.809. The molecule has 0 N–H and O–H groups in total. The Morgan fingerprint density at radius 2 is 2.18 bits per heavy atom. The van der Waals surface area contributed by atoms with E-state index < -0.39 is 0 Å². The average molecular weight is 245 g/mol. The van der Waals surface area contributed by atoms with Crippen LogP contribution >= 0.6 is 11.3 Å². The van der Waals surface area contributed by atoms with Crippen molar-refractivity contribution >= 4 is 11.3 Å². The lowest BCUT2D eigenvalue weighted by molar-refractivity contribution is 0.341. The van der Waals surface area contributed by atoms with Crippen molar-refractivity contribution in [2.45, 2.75) is 25.7 Å². The maximum Gasteiger partial charge on any atom is 0.129 e. The van der Waals surface area contributed by atoms with Gasteiger partial charge in [0.05, 0.1) is 17.9 Å². The Morgan fingerprint density at radius 3 is 2.94 bits per heavy atom. The highest BCUT2D eigenvalue weighted by Gasteiger charge is 2.26. The highest BCUT2D eigenvalue weighted by atomic mass is 32.1. The van der Waals surface area contributed by atoms with Crippen LogP contribution in [0.1, 0.15) is 31.4 Å². The Hall–Kier alpha value is -1.35. The van der Waals surface area contributed by atoms with E-state index in [9.17, 15) is 0 Å². The third kappa shape index (κ3) is 2.20. The molecular formula is C14H15NOS. The van der Waals surface area contributed by atoms with Crippen LogP contribution in [0.2, 0.25) is 0 Å². The molecule has 0 bridgehead atoms. The lowest BCUT2D eigenvalue weighted by atomic mass is 10.2. The van der Waals surface area contributed by atoms with Gasteiger partial charge in [0.1, 0.15) is 10.8 Å². The van der Waals surface area contributed by atoms with Crippen LogP contribution in [-0.4, -0.2) is 11.6 Å². The number of benzene rings is 1. The van der Waals surface area contributed by atoms with Gasteiger partial charge in [-0.25, -0.2) is 4.98 Å². The summed E-state index contributed by atoms with van der Waals surface area (Å²) >= 11 is 1.72. The van der Waals surface area contributed by atoms with Gasteiger partial charge in [0.2, 0.25) is 0 Å². The van der Waals surface area contributed by atoms with Crippen LogP contribution in [0, 0.1) is 0 Å². The van der Waals surface area contributed by atoms with Gasteiger partial charge in [-0.05, 0) is 31.9 Å². The smallest absolute Gasteiger partial charge is 0.129 e. The number of nitrogens with zero attached hydrogens (tertiary/aromatic N) is 1. The molecule has 2 nitrogen and oxygen atoms in total. The predicted molar refractivity (Wildman–Crippen MR) is 70.7 cm³/mol. The maximum atomic E-state index is 5.64. The van der Waals surface area contributed by atoms with Gasteiger partial charge in [0, 0.05) is 11.3 Å². The van der Waals surface area contributed by atoms with E-state index in [0.29, 0.717) is 6.61 Å². The van der Waals surface area contributed by atoms with Gasteiger partial charge in [-0.15, -0.1) is 11.3 Å². The number of thiazole rings is 1. The minimum atomic E-state index is 0.692. The lowest BCUT2D eigenvalue weighted by Crippen LogP contribution is -1.93. The lowest BCUT2D eigenvalue weighted by Gasteiger charge is -2.07. The molecule has 0 atom stereocenters. The zero-order chi connectivity index (χ0) is 11.7. The molecule has 0 radical (unpaired) electrons. The third-order valence-corrected chi connectivity index (χ3v) is 3.83. The van der Waals surface area contributed by atoms with E-state index in [1.54, 1.807) is 11.3 Å². The Labute approximate surface area is 105 Å². The molecule has 1 fully saturated rings. The summed E-state index contributed by atoms with van der Waals surface area (Å²) in [5.74, 6) is 1.66. The van der Waals surface area contributed by atoms with E-state index in [2.05, 4.69) is 11.4 Å². The second-order valence-electron chi connectivity index (χ2n) is 4.28. The summed E-state index contributed by atoms with van der Waals surface area (Å²) in [6, 6.07) is 8.14. The molecule has 0 aliphatic heterocycles. The van der Waals surface area contributed by atoms with Crippen molar-refractivity contribution in [1.82, 2.24) is 4.98 Å². The molecule has 2 aromatic rings. The third-order valence-electron chi connectivity index (χ3n) is 2.93. The first kappa shape index (κ1) is 10.8. The van der Waals surface area contributed by atoms with Crippen molar-refractivity contribution in [3.8, 4) is 16.3 Å². The first-order chi connectivity index (χ1) is 8.38. The van der Waals surface area contributed by atoms with Crippen LogP contribution < -0.4 is 4.74 Å². The molecule has 0 amide bonds. The fraction of sp³-hybridized carbons (Fsp3) is 0.357. The summed E-state index contributed by atoms with van der Waals surface area (Å²) in [5.41, 5.74) is 2.38. The summed E-state index contributed by atoms with van der Waals surface area (Å²) in [4.78, 5) is 4.72. The molecule has 1 heterocycles. The molecule has 88 valence electrons. The van der Waals surface area contributed by atoms with E-state index in [1.165, 1.54) is 18.5 Å². The van der Waals surface area contributed by atoms with Crippen LogP contribution in [0.25, 0.3) is 10.6 Å². The summed E-state index contributed by atoms with van der Waals surface area (Å²) in [6.07, 6.45) is 2.60. The van der Waals surface area contributed by atoms with Crippen LogP contribution in [0.4, 0.5) is 0 Å². The Kier molecular flexibility index (Phi) is 2.85. The number of aromatic nitrogens is 1. The Bertz CT molecular complexity index is 516. The molecule has 3 rings (SSSR count). The van der Waals surface area contributed by atoms with Crippen LogP contribution in [-0.2, 0) is 0 Å². The fourth-order valence-electron chi connectivity index (χ4n) is 1.90. The van der Waals surface area contributed by atoms with Gasteiger partial charge in [-0.3, -0.25) is 0 Å². The standard InChI is InChI=1S/C14H15NOS/c1-2-16-13-6-4-3-5-11(13)14-15-12(9-17-14)10-7-8-10/h3-6,9-10H,2,7-8H2,1H3. The van der Waals surface area contributed by atoms with Gasteiger partial charge >= 0.3 is 0 Å². The zero-order valence-electron chi connectivity index (χ0n) is 9.85. The average Bonchev–Trinajstić information content (AvgIpc) is 3.09. The van der Waals surface area contributed by atoms with E-state index in [1.807, 2.05) is 25.1 Å². The van der Waals surface area contributed by atoms with E-state index in [0.717, 1.165) is 22.2 Å². The van der Waals surface area contributed by atoms with Crippen molar-refractivity contribution < 1.29 is 4.74 Å². The summed E-state index contributed by atoms with van der Waals surface area (Å²) in [5, 5.41) is 3.27. The van der Waals surface area contributed by atoms with Crippen LogP contribution in [0.3, 0.4) is 0 Å². The highest BCUT2D eigenvalue weighted by Crippen LogP contribution is 2.42. The van der Waals surface area contributed by atoms with Crippen molar-refractivity contribution in [2.75, 3.05) is 6.61 Å². The summed E-state index contributed by atoms with van der Waals surface area (Å²) in [6.45, 7) is 2.70. The monoisotopic (exact) mass is 245 g/mol. The molecule has 1 aliphatic carbocycles. The minimum absolute atomic E-state index is 0.692. The van der Waals surface area contributed by atoms with Crippen molar-refractivity contribution in [1.29, 1.82) is 0 Å². The van der Waals surface area contributed by atoms with E-state index in [4.69, 9.17) is 9.72 Å².